The Morgan fingerprint density at radius 3 is 2.44 bits per heavy atom. The van der Waals surface area contributed by atoms with E-state index in [2.05, 4.69) is 24.0 Å². The Bertz CT molecular complexity index is 888. The van der Waals surface area contributed by atoms with E-state index in [1.54, 1.807) is 28.6 Å². The van der Waals surface area contributed by atoms with E-state index in [0.29, 0.717) is 17.4 Å². The minimum atomic E-state index is -3.48. The molecule has 5 heteroatoms. The van der Waals surface area contributed by atoms with Gasteiger partial charge in [-0.1, -0.05) is 37.3 Å². The first kappa shape index (κ1) is 18.5. The van der Waals surface area contributed by atoms with Crippen molar-refractivity contribution in [2.75, 3.05) is 30.5 Å². The highest BCUT2D eigenvalue weighted by atomic mass is 32.2. The molecule has 2 aromatic carbocycles. The Kier molecular flexibility index (Phi) is 5.24. The first-order valence-electron chi connectivity index (χ1n) is 10.0. The molecular formula is C22H28N2O2S. The number of anilines is 1. The average molecular weight is 385 g/mol. The molecule has 1 saturated heterocycles. The van der Waals surface area contributed by atoms with Crippen molar-refractivity contribution in [2.24, 2.45) is 0 Å². The van der Waals surface area contributed by atoms with Crippen LogP contribution in [0.2, 0.25) is 0 Å². The van der Waals surface area contributed by atoms with Gasteiger partial charge in [-0.2, -0.15) is 0 Å². The van der Waals surface area contributed by atoms with Crippen LogP contribution in [0, 0.1) is 0 Å². The highest BCUT2D eigenvalue weighted by Crippen LogP contribution is 2.37. The van der Waals surface area contributed by atoms with Gasteiger partial charge in [0.25, 0.3) is 10.0 Å². The summed E-state index contributed by atoms with van der Waals surface area (Å²) in [5.41, 5.74) is 3.40. The molecule has 2 heterocycles. The van der Waals surface area contributed by atoms with Crippen molar-refractivity contribution >= 4 is 15.7 Å². The lowest BCUT2D eigenvalue weighted by Gasteiger charge is -2.32. The van der Waals surface area contributed by atoms with Gasteiger partial charge in [0.05, 0.1) is 10.6 Å². The lowest BCUT2D eigenvalue weighted by atomic mass is 9.88. The van der Waals surface area contributed by atoms with E-state index in [0.717, 1.165) is 12.1 Å². The molecule has 0 atom stereocenters. The van der Waals surface area contributed by atoms with Crippen molar-refractivity contribution in [1.29, 1.82) is 0 Å². The highest BCUT2D eigenvalue weighted by molar-refractivity contribution is 7.92. The maximum Gasteiger partial charge on any atom is 0.264 e. The Morgan fingerprint density at radius 1 is 1.00 bits per heavy atom. The third kappa shape index (κ3) is 3.63. The monoisotopic (exact) mass is 384 g/mol. The Hall–Kier alpha value is -1.85. The van der Waals surface area contributed by atoms with Crippen LogP contribution in [-0.4, -0.2) is 39.5 Å². The number of benzene rings is 2. The van der Waals surface area contributed by atoms with E-state index < -0.39 is 10.0 Å². The number of sulfonamides is 1. The molecule has 0 aliphatic carbocycles. The maximum absolute atomic E-state index is 13.0. The molecular weight excluding hydrogens is 356 g/mol. The predicted molar refractivity (Wildman–Crippen MR) is 110 cm³/mol. The van der Waals surface area contributed by atoms with Gasteiger partial charge in [-0.25, -0.2) is 8.42 Å². The van der Waals surface area contributed by atoms with Gasteiger partial charge in [-0.15, -0.1) is 0 Å². The quantitative estimate of drug-likeness (QED) is 0.781. The van der Waals surface area contributed by atoms with Crippen LogP contribution >= 0.6 is 0 Å². The van der Waals surface area contributed by atoms with Gasteiger partial charge in [-0.05, 0) is 80.6 Å². The van der Waals surface area contributed by atoms with Gasteiger partial charge < -0.3 is 4.90 Å². The van der Waals surface area contributed by atoms with Crippen LogP contribution in [0.5, 0.6) is 0 Å². The third-order valence-corrected chi connectivity index (χ3v) is 7.71. The van der Waals surface area contributed by atoms with E-state index >= 15 is 0 Å². The minimum Gasteiger partial charge on any atom is -0.303 e. The van der Waals surface area contributed by atoms with Crippen LogP contribution in [-0.2, 0) is 16.4 Å². The second kappa shape index (κ2) is 7.64. The normalized spacial score (nSPS) is 18.6. The van der Waals surface area contributed by atoms with Gasteiger partial charge in [0, 0.05) is 6.54 Å². The smallest absolute Gasteiger partial charge is 0.264 e. The fourth-order valence-electron chi connectivity index (χ4n) is 4.42. The first-order valence-corrected chi connectivity index (χ1v) is 11.5. The zero-order valence-corrected chi connectivity index (χ0v) is 16.8. The molecule has 2 aliphatic heterocycles. The molecule has 0 amide bonds. The summed E-state index contributed by atoms with van der Waals surface area (Å²) in [7, 11) is -3.48. The van der Waals surface area contributed by atoms with Crippen LogP contribution in [0.25, 0.3) is 0 Å². The topological polar surface area (TPSA) is 40.6 Å². The molecule has 2 aromatic rings. The second-order valence-electron chi connectivity index (χ2n) is 7.64. The molecule has 0 aromatic heterocycles. The van der Waals surface area contributed by atoms with Gasteiger partial charge in [0.15, 0.2) is 0 Å². The number of fused-ring (bicyclic) bond motifs is 1. The number of hydrogen-bond donors (Lipinski definition) is 0. The van der Waals surface area contributed by atoms with Crippen molar-refractivity contribution in [1.82, 2.24) is 4.90 Å². The summed E-state index contributed by atoms with van der Waals surface area (Å²) in [5, 5.41) is 0. The molecule has 0 N–H and O–H groups in total. The molecule has 0 unspecified atom stereocenters. The molecule has 144 valence electrons. The number of nitrogens with zero attached hydrogens (tertiary/aromatic N) is 2. The summed E-state index contributed by atoms with van der Waals surface area (Å²) in [6.45, 7) is 6.31. The van der Waals surface area contributed by atoms with Crippen LogP contribution in [0.4, 0.5) is 5.69 Å². The zero-order valence-electron chi connectivity index (χ0n) is 16.0. The summed E-state index contributed by atoms with van der Waals surface area (Å²) >= 11 is 0. The summed E-state index contributed by atoms with van der Waals surface area (Å²) < 4.78 is 27.6. The van der Waals surface area contributed by atoms with Crippen molar-refractivity contribution in [2.45, 2.75) is 43.4 Å². The van der Waals surface area contributed by atoms with Crippen LogP contribution in [0.3, 0.4) is 0 Å². The van der Waals surface area contributed by atoms with E-state index in [4.69, 9.17) is 0 Å². The molecule has 0 bridgehead atoms. The molecule has 0 spiro atoms. The van der Waals surface area contributed by atoms with Crippen molar-refractivity contribution < 1.29 is 8.42 Å². The van der Waals surface area contributed by atoms with Crippen LogP contribution in [0.1, 0.15) is 43.2 Å². The van der Waals surface area contributed by atoms with E-state index in [9.17, 15) is 8.42 Å². The summed E-state index contributed by atoms with van der Waals surface area (Å²) in [6.07, 6.45) is 4.41. The lowest BCUT2D eigenvalue weighted by molar-refractivity contribution is 0.213. The van der Waals surface area contributed by atoms with Crippen molar-refractivity contribution in [3.8, 4) is 0 Å². The maximum atomic E-state index is 13.0. The predicted octanol–water partition coefficient (Wildman–Crippen LogP) is 4.03. The lowest BCUT2D eigenvalue weighted by Crippen LogP contribution is -2.33. The molecule has 1 fully saturated rings. The molecule has 4 nitrogen and oxygen atoms in total. The fourth-order valence-corrected chi connectivity index (χ4v) is 5.95. The van der Waals surface area contributed by atoms with Crippen LogP contribution in [0.15, 0.2) is 53.4 Å². The van der Waals surface area contributed by atoms with Gasteiger partial charge >= 0.3 is 0 Å². The van der Waals surface area contributed by atoms with Gasteiger partial charge in [0.1, 0.15) is 0 Å². The van der Waals surface area contributed by atoms with E-state index in [1.165, 1.54) is 50.0 Å². The average Bonchev–Trinajstić information content (AvgIpc) is 3.13. The summed E-state index contributed by atoms with van der Waals surface area (Å²) in [5.74, 6) is 0.600. The Labute approximate surface area is 162 Å². The number of hydrogen-bond acceptors (Lipinski definition) is 3. The molecule has 2 aliphatic rings. The van der Waals surface area contributed by atoms with Crippen molar-refractivity contribution in [3.63, 3.8) is 0 Å². The first-order chi connectivity index (χ1) is 13.1. The van der Waals surface area contributed by atoms with E-state index in [-0.39, 0.29) is 0 Å². The third-order valence-electron chi connectivity index (χ3n) is 5.89. The standard InChI is InChI=1S/C22H28N2O2S/c1-2-13-23-14-10-18(11-15-23)19-8-9-22-20(17-19)12-16-24(22)27(25,26)21-6-4-3-5-7-21/h3-9,17-18H,2,10-16H2,1H3. The SMILES string of the molecule is CCCN1CCC(c2ccc3c(c2)CCN3S(=O)(=O)c2ccccc2)CC1. The van der Waals surface area contributed by atoms with Gasteiger partial charge in [0.2, 0.25) is 0 Å². The summed E-state index contributed by atoms with van der Waals surface area (Å²) in [4.78, 5) is 2.92. The largest absolute Gasteiger partial charge is 0.303 e. The Morgan fingerprint density at radius 2 is 1.74 bits per heavy atom. The van der Waals surface area contributed by atoms with E-state index in [1.807, 2.05) is 12.1 Å². The zero-order chi connectivity index (χ0) is 18.9. The number of piperidine rings is 1. The molecule has 27 heavy (non-hydrogen) atoms. The molecule has 0 radical (unpaired) electrons. The second-order valence-corrected chi connectivity index (χ2v) is 9.51. The van der Waals surface area contributed by atoms with Crippen LogP contribution < -0.4 is 4.31 Å². The fraction of sp³-hybridized carbons (Fsp3) is 0.455. The highest BCUT2D eigenvalue weighted by Gasteiger charge is 2.31. The number of rotatable bonds is 5. The molecule has 0 saturated carbocycles. The van der Waals surface area contributed by atoms with Crippen molar-refractivity contribution in [3.05, 3.63) is 59.7 Å². The minimum absolute atomic E-state index is 0.366. The number of likely N-dealkylation sites (tertiary alicyclic amines) is 1. The summed E-state index contributed by atoms with van der Waals surface area (Å²) in [6, 6.07) is 15.2. The Balaban J connectivity index is 1.53. The van der Waals surface area contributed by atoms with Gasteiger partial charge in [-0.3, -0.25) is 4.31 Å². The molecule has 4 rings (SSSR count).